The van der Waals surface area contributed by atoms with Gasteiger partial charge in [0, 0.05) is 37.4 Å². The molecule has 1 saturated heterocycles. The molecule has 2 rings (SSSR count). The Hall–Kier alpha value is -2.21. The smallest absolute Gasteiger partial charge is 0.305 e. The van der Waals surface area contributed by atoms with Gasteiger partial charge >= 0.3 is 5.97 Å². The minimum Gasteiger partial charge on any atom is -0.481 e. The molecule has 0 bridgehead atoms. The van der Waals surface area contributed by atoms with Crippen LogP contribution < -0.4 is 0 Å². The van der Waals surface area contributed by atoms with Gasteiger partial charge in [-0.1, -0.05) is 18.2 Å². The molecule has 0 atom stereocenters. The van der Waals surface area contributed by atoms with E-state index in [1.165, 1.54) is 12.1 Å². The summed E-state index contributed by atoms with van der Waals surface area (Å²) in [5, 5.41) is 8.91. The van der Waals surface area contributed by atoms with Gasteiger partial charge in [0.2, 0.25) is 5.91 Å². The van der Waals surface area contributed by atoms with Gasteiger partial charge in [0.15, 0.2) is 0 Å². The van der Waals surface area contributed by atoms with Crippen LogP contribution in [0.25, 0.3) is 5.57 Å². The Labute approximate surface area is 140 Å². The van der Waals surface area contributed by atoms with E-state index in [-0.39, 0.29) is 30.7 Å². The first kappa shape index (κ1) is 18.1. The topological polar surface area (TPSA) is 66.8 Å². The van der Waals surface area contributed by atoms with Gasteiger partial charge in [0.1, 0.15) is 5.82 Å². The third-order valence-corrected chi connectivity index (χ3v) is 4.12. The van der Waals surface area contributed by atoms with Crippen molar-refractivity contribution < 1.29 is 23.8 Å². The molecule has 6 heteroatoms. The van der Waals surface area contributed by atoms with Gasteiger partial charge in [0.25, 0.3) is 0 Å². The fourth-order valence-corrected chi connectivity index (χ4v) is 2.81. The lowest BCUT2D eigenvalue weighted by Crippen LogP contribution is -2.43. The molecule has 1 aliphatic heterocycles. The lowest BCUT2D eigenvalue weighted by atomic mass is 10.0. The molecule has 1 N–H and O–H groups in total. The number of nitrogens with zero attached hydrogens (tertiary/aromatic N) is 1. The minimum atomic E-state index is -0.949. The van der Waals surface area contributed by atoms with Crippen LogP contribution in [0.4, 0.5) is 4.39 Å². The van der Waals surface area contributed by atoms with Crippen molar-refractivity contribution in [1.82, 2.24) is 4.90 Å². The molecule has 0 unspecified atom stereocenters. The van der Waals surface area contributed by atoms with Crippen LogP contribution in [0.2, 0.25) is 0 Å². The highest BCUT2D eigenvalue weighted by molar-refractivity contribution is 5.95. The number of hydrogen-bond donors (Lipinski definition) is 1. The number of hydrogen-bond acceptors (Lipinski definition) is 3. The Morgan fingerprint density at radius 3 is 2.62 bits per heavy atom. The second-order valence-electron chi connectivity index (χ2n) is 5.83. The number of carbonyl (C=O) groups excluding carboxylic acids is 1. The molecular formula is C18H22FNO4. The Balaban J connectivity index is 2.17. The second-order valence-corrected chi connectivity index (χ2v) is 5.83. The predicted octanol–water partition coefficient (Wildman–Crippen LogP) is 2.71. The predicted molar refractivity (Wildman–Crippen MR) is 87.9 cm³/mol. The van der Waals surface area contributed by atoms with E-state index in [0.29, 0.717) is 37.2 Å². The summed E-state index contributed by atoms with van der Waals surface area (Å²) in [5.74, 6) is -1.62. The number of amides is 1. The monoisotopic (exact) mass is 335 g/mol. The van der Waals surface area contributed by atoms with Crippen molar-refractivity contribution in [1.29, 1.82) is 0 Å². The number of allylic oxidation sites excluding steroid dienone is 1. The minimum absolute atomic E-state index is 0.0460. The molecule has 130 valence electrons. The number of benzene rings is 1. The molecule has 1 heterocycles. The summed E-state index contributed by atoms with van der Waals surface area (Å²) in [6.07, 6.45) is 2.63. The fraction of sp³-hybridized carbons (Fsp3) is 0.444. The Bertz CT molecular complexity index is 623. The molecule has 1 fully saturated rings. The van der Waals surface area contributed by atoms with E-state index in [9.17, 15) is 14.0 Å². The van der Waals surface area contributed by atoms with E-state index >= 15 is 0 Å². The Morgan fingerprint density at radius 2 is 2.00 bits per heavy atom. The van der Waals surface area contributed by atoms with Gasteiger partial charge in [-0.05, 0) is 31.4 Å². The van der Waals surface area contributed by atoms with E-state index in [1.807, 2.05) is 0 Å². The SMILES string of the molecule is CC(=CC(=O)N(CCC(=O)O)C1CCOCC1)c1ccccc1F. The maximum atomic E-state index is 13.8. The summed E-state index contributed by atoms with van der Waals surface area (Å²) < 4.78 is 19.1. The molecule has 1 aromatic carbocycles. The highest BCUT2D eigenvalue weighted by Crippen LogP contribution is 2.20. The summed E-state index contributed by atoms with van der Waals surface area (Å²) in [5.41, 5.74) is 0.890. The van der Waals surface area contributed by atoms with E-state index < -0.39 is 5.97 Å². The van der Waals surface area contributed by atoms with Gasteiger partial charge < -0.3 is 14.7 Å². The third-order valence-electron chi connectivity index (χ3n) is 4.12. The van der Waals surface area contributed by atoms with Crippen LogP contribution in [-0.4, -0.2) is 47.7 Å². The van der Waals surface area contributed by atoms with Crippen LogP contribution in [0.15, 0.2) is 30.3 Å². The number of halogens is 1. The summed E-state index contributed by atoms with van der Waals surface area (Å²) in [4.78, 5) is 25.1. The number of carboxylic acid groups (broad SMARTS) is 1. The molecule has 0 saturated carbocycles. The second kappa shape index (κ2) is 8.59. The largest absolute Gasteiger partial charge is 0.481 e. The summed E-state index contributed by atoms with van der Waals surface area (Å²) in [7, 11) is 0. The van der Waals surface area contributed by atoms with Crippen molar-refractivity contribution in [2.24, 2.45) is 0 Å². The van der Waals surface area contributed by atoms with E-state index in [1.54, 1.807) is 30.0 Å². The van der Waals surface area contributed by atoms with Crippen molar-refractivity contribution in [3.63, 3.8) is 0 Å². The van der Waals surface area contributed by atoms with Crippen LogP contribution in [0, 0.1) is 5.82 Å². The van der Waals surface area contributed by atoms with Crippen molar-refractivity contribution >= 4 is 17.4 Å². The zero-order chi connectivity index (χ0) is 17.5. The van der Waals surface area contributed by atoms with Crippen molar-refractivity contribution in [2.45, 2.75) is 32.2 Å². The first-order valence-electron chi connectivity index (χ1n) is 8.02. The maximum absolute atomic E-state index is 13.8. The van der Waals surface area contributed by atoms with Crippen molar-refractivity contribution in [3.05, 3.63) is 41.7 Å². The number of carbonyl (C=O) groups is 2. The Kier molecular flexibility index (Phi) is 6.49. The first-order valence-corrected chi connectivity index (χ1v) is 8.02. The van der Waals surface area contributed by atoms with Gasteiger partial charge in [-0.3, -0.25) is 9.59 Å². The zero-order valence-electron chi connectivity index (χ0n) is 13.7. The molecule has 24 heavy (non-hydrogen) atoms. The standard InChI is InChI=1S/C18H22FNO4/c1-13(15-4-2-3-5-16(15)19)12-17(21)20(9-6-18(22)23)14-7-10-24-11-8-14/h2-5,12,14H,6-11H2,1H3,(H,22,23). The van der Waals surface area contributed by atoms with Crippen molar-refractivity contribution in [3.8, 4) is 0 Å². The van der Waals surface area contributed by atoms with Crippen LogP contribution in [0.1, 0.15) is 31.7 Å². The Morgan fingerprint density at radius 1 is 1.33 bits per heavy atom. The quantitative estimate of drug-likeness (QED) is 0.812. The normalized spacial score (nSPS) is 16.0. The average molecular weight is 335 g/mol. The highest BCUT2D eigenvalue weighted by Gasteiger charge is 2.25. The molecule has 0 aliphatic carbocycles. The lowest BCUT2D eigenvalue weighted by Gasteiger charge is -2.33. The van der Waals surface area contributed by atoms with E-state index in [4.69, 9.17) is 9.84 Å². The third kappa shape index (κ3) is 4.89. The summed E-state index contributed by atoms with van der Waals surface area (Å²) in [6.45, 7) is 2.92. The van der Waals surface area contributed by atoms with E-state index in [0.717, 1.165) is 0 Å². The maximum Gasteiger partial charge on any atom is 0.305 e. The molecule has 0 spiro atoms. The van der Waals surface area contributed by atoms with Crippen LogP contribution in [-0.2, 0) is 14.3 Å². The molecule has 1 amide bonds. The van der Waals surface area contributed by atoms with Gasteiger partial charge in [-0.2, -0.15) is 0 Å². The van der Waals surface area contributed by atoms with Gasteiger partial charge in [-0.25, -0.2) is 4.39 Å². The first-order chi connectivity index (χ1) is 11.5. The zero-order valence-corrected chi connectivity index (χ0v) is 13.7. The highest BCUT2D eigenvalue weighted by atomic mass is 19.1. The van der Waals surface area contributed by atoms with Crippen molar-refractivity contribution in [2.75, 3.05) is 19.8 Å². The van der Waals surface area contributed by atoms with Crippen LogP contribution in [0.3, 0.4) is 0 Å². The van der Waals surface area contributed by atoms with E-state index in [2.05, 4.69) is 0 Å². The number of ether oxygens (including phenoxy) is 1. The molecule has 0 aromatic heterocycles. The van der Waals surface area contributed by atoms with Crippen LogP contribution in [0.5, 0.6) is 0 Å². The average Bonchev–Trinajstić information content (AvgIpc) is 2.56. The molecule has 1 aliphatic rings. The number of aliphatic carboxylic acids is 1. The number of carboxylic acids is 1. The van der Waals surface area contributed by atoms with Gasteiger partial charge in [-0.15, -0.1) is 0 Å². The van der Waals surface area contributed by atoms with Gasteiger partial charge in [0.05, 0.1) is 6.42 Å². The fourth-order valence-electron chi connectivity index (χ4n) is 2.81. The molecule has 0 radical (unpaired) electrons. The molecule has 1 aromatic rings. The molecular weight excluding hydrogens is 313 g/mol. The molecule has 5 nitrogen and oxygen atoms in total. The number of rotatable bonds is 6. The summed E-state index contributed by atoms with van der Waals surface area (Å²) in [6, 6.07) is 6.22. The van der Waals surface area contributed by atoms with Crippen LogP contribution >= 0.6 is 0 Å². The summed E-state index contributed by atoms with van der Waals surface area (Å²) >= 11 is 0. The lowest BCUT2D eigenvalue weighted by molar-refractivity contribution is -0.138.